The van der Waals surface area contributed by atoms with Gasteiger partial charge in [-0.1, -0.05) is 27.7 Å². The molecule has 5 nitrogen and oxygen atoms in total. The second-order valence-corrected chi connectivity index (χ2v) is 5.26. The van der Waals surface area contributed by atoms with E-state index >= 15 is 0 Å². The first-order valence-corrected chi connectivity index (χ1v) is 6.20. The SMILES string of the molecule is CC(C)CN(CC(C)C)c1cncc(C(=O)O)n1. The Morgan fingerprint density at radius 2 is 1.78 bits per heavy atom. The molecule has 0 amide bonds. The topological polar surface area (TPSA) is 66.3 Å². The fraction of sp³-hybridized carbons (Fsp3) is 0.615. The third-order valence-electron chi connectivity index (χ3n) is 2.34. The zero-order valence-electron chi connectivity index (χ0n) is 11.4. The number of rotatable bonds is 6. The van der Waals surface area contributed by atoms with Crippen LogP contribution in [0.1, 0.15) is 38.2 Å². The Morgan fingerprint density at radius 3 is 2.22 bits per heavy atom. The molecular formula is C13H21N3O2. The lowest BCUT2D eigenvalue weighted by atomic mass is 10.1. The van der Waals surface area contributed by atoms with Crippen LogP contribution in [0.25, 0.3) is 0 Å². The standard InChI is InChI=1S/C13H21N3O2/c1-9(2)7-16(8-10(3)4)12-6-14-5-11(15-12)13(17)18/h5-6,9-10H,7-8H2,1-4H3,(H,17,18). The van der Waals surface area contributed by atoms with Gasteiger partial charge in [-0.2, -0.15) is 0 Å². The Labute approximate surface area is 108 Å². The molecule has 1 aromatic heterocycles. The Kier molecular flexibility index (Phi) is 5.07. The van der Waals surface area contributed by atoms with Crippen molar-refractivity contribution in [3.8, 4) is 0 Å². The summed E-state index contributed by atoms with van der Waals surface area (Å²) in [5.41, 5.74) is -0.00925. The number of aromatic carboxylic acids is 1. The summed E-state index contributed by atoms with van der Waals surface area (Å²) in [7, 11) is 0. The van der Waals surface area contributed by atoms with Gasteiger partial charge < -0.3 is 10.0 Å². The number of anilines is 1. The molecule has 0 aliphatic heterocycles. The van der Waals surface area contributed by atoms with E-state index in [4.69, 9.17) is 5.11 Å². The van der Waals surface area contributed by atoms with Crippen LogP contribution < -0.4 is 4.90 Å². The number of hydrogen-bond acceptors (Lipinski definition) is 4. The monoisotopic (exact) mass is 251 g/mol. The van der Waals surface area contributed by atoms with E-state index in [0.29, 0.717) is 17.7 Å². The Morgan fingerprint density at radius 1 is 1.22 bits per heavy atom. The molecule has 0 spiro atoms. The first kappa shape index (κ1) is 14.4. The third-order valence-corrected chi connectivity index (χ3v) is 2.34. The molecule has 100 valence electrons. The quantitative estimate of drug-likeness (QED) is 0.840. The summed E-state index contributed by atoms with van der Waals surface area (Å²) >= 11 is 0. The van der Waals surface area contributed by atoms with Gasteiger partial charge in [0.15, 0.2) is 5.69 Å². The second kappa shape index (κ2) is 6.33. The Hall–Kier alpha value is -1.65. The molecule has 18 heavy (non-hydrogen) atoms. The van der Waals surface area contributed by atoms with Crippen LogP contribution in [0.15, 0.2) is 12.4 Å². The number of carboxylic acid groups (broad SMARTS) is 1. The van der Waals surface area contributed by atoms with Crippen molar-refractivity contribution < 1.29 is 9.90 Å². The Balaban J connectivity index is 2.96. The molecule has 1 rings (SSSR count). The van der Waals surface area contributed by atoms with Crippen LogP contribution in [0.3, 0.4) is 0 Å². The minimum Gasteiger partial charge on any atom is -0.476 e. The molecule has 0 aliphatic rings. The highest BCUT2D eigenvalue weighted by atomic mass is 16.4. The van der Waals surface area contributed by atoms with Crippen molar-refractivity contribution in [2.24, 2.45) is 11.8 Å². The third kappa shape index (κ3) is 4.31. The van der Waals surface area contributed by atoms with Gasteiger partial charge in [0, 0.05) is 13.1 Å². The first-order valence-electron chi connectivity index (χ1n) is 6.20. The van der Waals surface area contributed by atoms with Crippen molar-refractivity contribution in [1.82, 2.24) is 9.97 Å². The highest BCUT2D eigenvalue weighted by molar-refractivity contribution is 5.85. The maximum atomic E-state index is 10.9. The van der Waals surface area contributed by atoms with Crippen molar-refractivity contribution in [3.63, 3.8) is 0 Å². The molecule has 0 atom stereocenters. The molecule has 0 fully saturated rings. The normalized spacial score (nSPS) is 11.0. The van der Waals surface area contributed by atoms with Crippen LogP contribution in [0.4, 0.5) is 5.82 Å². The maximum absolute atomic E-state index is 10.9. The van der Waals surface area contributed by atoms with Gasteiger partial charge in [-0.3, -0.25) is 4.98 Å². The second-order valence-electron chi connectivity index (χ2n) is 5.26. The fourth-order valence-electron chi connectivity index (χ4n) is 1.75. The molecule has 1 heterocycles. The molecule has 5 heteroatoms. The van der Waals surface area contributed by atoms with E-state index < -0.39 is 5.97 Å². The van der Waals surface area contributed by atoms with Crippen LogP contribution in [-0.2, 0) is 0 Å². The van der Waals surface area contributed by atoms with Crippen LogP contribution in [0.2, 0.25) is 0 Å². The zero-order valence-corrected chi connectivity index (χ0v) is 11.4. The van der Waals surface area contributed by atoms with E-state index in [1.165, 1.54) is 6.20 Å². The molecule has 0 unspecified atom stereocenters. The molecule has 1 aromatic rings. The van der Waals surface area contributed by atoms with E-state index in [0.717, 1.165) is 13.1 Å². The summed E-state index contributed by atoms with van der Waals surface area (Å²) in [6, 6.07) is 0. The van der Waals surface area contributed by atoms with Gasteiger partial charge in [0.25, 0.3) is 0 Å². The van der Waals surface area contributed by atoms with E-state index in [-0.39, 0.29) is 5.69 Å². The molecule has 0 aromatic carbocycles. The number of nitrogens with zero attached hydrogens (tertiary/aromatic N) is 3. The lowest BCUT2D eigenvalue weighted by Gasteiger charge is -2.27. The van der Waals surface area contributed by atoms with Gasteiger partial charge in [-0.25, -0.2) is 9.78 Å². The molecular weight excluding hydrogens is 230 g/mol. The number of aromatic nitrogens is 2. The summed E-state index contributed by atoms with van der Waals surface area (Å²) < 4.78 is 0. The van der Waals surface area contributed by atoms with E-state index in [2.05, 4.69) is 42.6 Å². The van der Waals surface area contributed by atoms with E-state index in [9.17, 15) is 4.79 Å². The number of carboxylic acids is 1. The van der Waals surface area contributed by atoms with Gasteiger partial charge >= 0.3 is 5.97 Å². The van der Waals surface area contributed by atoms with Gasteiger partial charge in [0.2, 0.25) is 0 Å². The summed E-state index contributed by atoms with van der Waals surface area (Å²) in [4.78, 5) is 21.1. The smallest absolute Gasteiger partial charge is 0.356 e. The maximum Gasteiger partial charge on any atom is 0.356 e. The largest absolute Gasteiger partial charge is 0.476 e. The summed E-state index contributed by atoms with van der Waals surface area (Å²) in [6.45, 7) is 10.2. The van der Waals surface area contributed by atoms with Crippen LogP contribution >= 0.6 is 0 Å². The van der Waals surface area contributed by atoms with Crippen molar-refractivity contribution in [2.45, 2.75) is 27.7 Å². The van der Waals surface area contributed by atoms with E-state index in [1.54, 1.807) is 6.20 Å². The highest BCUT2D eigenvalue weighted by Crippen LogP contribution is 2.14. The van der Waals surface area contributed by atoms with Crippen molar-refractivity contribution in [1.29, 1.82) is 0 Å². The molecule has 0 saturated carbocycles. The predicted octanol–water partition coefficient (Wildman–Crippen LogP) is 2.29. The lowest BCUT2D eigenvalue weighted by Crippen LogP contribution is -2.32. The van der Waals surface area contributed by atoms with Crippen LogP contribution in [-0.4, -0.2) is 34.1 Å². The van der Waals surface area contributed by atoms with E-state index in [1.807, 2.05) is 0 Å². The van der Waals surface area contributed by atoms with Gasteiger partial charge in [-0.15, -0.1) is 0 Å². The molecule has 0 aliphatic carbocycles. The minimum atomic E-state index is -1.04. The number of hydrogen-bond donors (Lipinski definition) is 1. The predicted molar refractivity (Wildman–Crippen MR) is 70.9 cm³/mol. The molecule has 0 radical (unpaired) electrons. The van der Waals surface area contributed by atoms with Gasteiger partial charge in [0.1, 0.15) is 5.82 Å². The van der Waals surface area contributed by atoms with Crippen molar-refractivity contribution in [2.75, 3.05) is 18.0 Å². The molecule has 0 bridgehead atoms. The summed E-state index contributed by atoms with van der Waals surface area (Å²) in [6.07, 6.45) is 2.89. The zero-order chi connectivity index (χ0) is 13.7. The molecule has 0 saturated heterocycles. The average Bonchev–Trinajstić information content (AvgIpc) is 2.27. The van der Waals surface area contributed by atoms with Crippen molar-refractivity contribution in [3.05, 3.63) is 18.1 Å². The van der Waals surface area contributed by atoms with Gasteiger partial charge in [0.05, 0.1) is 12.4 Å². The fourth-order valence-corrected chi connectivity index (χ4v) is 1.75. The average molecular weight is 251 g/mol. The van der Waals surface area contributed by atoms with Crippen LogP contribution in [0, 0.1) is 11.8 Å². The molecule has 1 N–H and O–H groups in total. The van der Waals surface area contributed by atoms with Crippen molar-refractivity contribution >= 4 is 11.8 Å². The number of carbonyl (C=O) groups is 1. The summed E-state index contributed by atoms with van der Waals surface area (Å²) in [5.74, 6) is 0.564. The minimum absolute atomic E-state index is 0.00925. The Bertz CT molecular complexity index is 395. The van der Waals surface area contributed by atoms with Crippen LogP contribution in [0.5, 0.6) is 0 Å². The highest BCUT2D eigenvalue weighted by Gasteiger charge is 2.14. The lowest BCUT2D eigenvalue weighted by molar-refractivity contribution is 0.0690. The van der Waals surface area contributed by atoms with Gasteiger partial charge in [-0.05, 0) is 11.8 Å². The first-order chi connectivity index (χ1) is 8.40. The summed E-state index contributed by atoms with van der Waals surface area (Å²) in [5, 5.41) is 8.93.